The summed E-state index contributed by atoms with van der Waals surface area (Å²) in [5, 5.41) is 3.26. The Morgan fingerprint density at radius 1 is 1.30 bits per heavy atom. The van der Waals surface area contributed by atoms with Crippen molar-refractivity contribution in [1.82, 2.24) is 9.62 Å². The molecule has 5 heteroatoms. The van der Waals surface area contributed by atoms with Crippen molar-refractivity contribution in [2.24, 2.45) is 0 Å². The van der Waals surface area contributed by atoms with E-state index in [1.54, 1.807) is 12.1 Å². The van der Waals surface area contributed by atoms with Crippen molar-refractivity contribution in [3.63, 3.8) is 0 Å². The third-order valence-electron chi connectivity index (χ3n) is 3.01. The Morgan fingerprint density at radius 2 is 1.95 bits per heavy atom. The molecule has 0 heterocycles. The first-order valence-electron chi connectivity index (χ1n) is 6.71. The van der Waals surface area contributed by atoms with E-state index in [0.717, 1.165) is 31.5 Å². The van der Waals surface area contributed by atoms with E-state index in [9.17, 15) is 8.42 Å². The van der Waals surface area contributed by atoms with Gasteiger partial charge in [-0.05, 0) is 43.6 Å². The summed E-state index contributed by atoms with van der Waals surface area (Å²) in [4.78, 5) is 0.283. The highest BCUT2D eigenvalue weighted by Crippen LogP contribution is 2.15. The van der Waals surface area contributed by atoms with Crippen molar-refractivity contribution in [3.05, 3.63) is 29.8 Å². The molecule has 0 aliphatic carbocycles. The molecule has 1 aromatic carbocycles. The Morgan fingerprint density at radius 3 is 2.50 bits per heavy atom. The fourth-order valence-electron chi connectivity index (χ4n) is 1.82. The number of terminal acetylenes is 1. The number of hydrogen-bond acceptors (Lipinski definition) is 3. The van der Waals surface area contributed by atoms with Gasteiger partial charge in [-0.2, -0.15) is 4.31 Å². The van der Waals surface area contributed by atoms with E-state index in [0.29, 0.717) is 0 Å². The molecule has 0 fully saturated rings. The average molecular weight is 294 g/mol. The molecule has 0 spiro atoms. The van der Waals surface area contributed by atoms with Crippen LogP contribution >= 0.6 is 0 Å². The van der Waals surface area contributed by atoms with Gasteiger partial charge in [0, 0.05) is 7.05 Å². The molecule has 0 aliphatic heterocycles. The summed E-state index contributed by atoms with van der Waals surface area (Å²) in [6, 6.07) is 7.01. The van der Waals surface area contributed by atoms with E-state index in [2.05, 4.69) is 18.2 Å². The molecule has 0 saturated carbocycles. The van der Waals surface area contributed by atoms with Crippen molar-refractivity contribution < 1.29 is 8.42 Å². The van der Waals surface area contributed by atoms with Crippen molar-refractivity contribution >= 4 is 10.0 Å². The van der Waals surface area contributed by atoms with Crippen LogP contribution < -0.4 is 5.32 Å². The predicted octanol–water partition coefficient (Wildman–Crippen LogP) is 1.48. The van der Waals surface area contributed by atoms with Gasteiger partial charge in [0.2, 0.25) is 10.0 Å². The number of rotatable bonds is 8. The van der Waals surface area contributed by atoms with E-state index in [1.807, 2.05) is 12.1 Å². The summed E-state index contributed by atoms with van der Waals surface area (Å²) in [5.41, 5.74) is 1.14. The third-order valence-corrected chi connectivity index (χ3v) is 4.83. The molecule has 0 radical (unpaired) electrons. The number of aryl methyl sites for hydroxylation is 1. The van der Waals surface area contributed by atoms with Crippen LogP contribution in [0.4, 0.5) is 0 Å². The van der Waals surface area contributed by atoms with Gasteiger partial charge in [-0.25, -0.2) is 8.42 Å². The average Bonchev–Trinajstić information content (AvgIpc) is 2.44. The lowest BCUT2D eigenvalue weighted by Crippen LogP contribution is -2.27. The summed E-state index contributed by atoms with van der Waals surface area (Å²) in [6.45, 7) is 4.10. The van der Waals surface area contributed by atoms with Gasteiger partial charge >= 0.3 is 0 Å². The first-order valence-corrected chi connectivity index (χ1v) is 8.15. The number of sulfonamides is 1. The largest absolute Gasteiger partial charge is 0.317 e. The topological polar surface area (TPSA) is 49.4 Å². The molecule has 20 heavy (non-hydrogen) atoms. The van der Waals surface area contributed by atoms with E-state index in [1.165, 1.54) is 11.4 Å². The van der Waals surface area contributed by atoms with Crippen molar-refractivity contribution in [3.8, 4) is 12.3 Å². The molecule has 0 saturated heterocycles. The third kappa shape index (κ3) is 4.64. The number of nitrogens with zero attached hydrogens (tertiary/aromatic N) is 1. The summed E-state index contributed by atoms with van der Waals surface area (Å²) >= 11 is 0. The van der Waals surface area contributed by atoms with Crippen molar-refractivity contribution in [2.75, 3.05) is 26.7 Å². The molecule has 4 nitrogen and oxygen atoms in total. The predicted molar refractivity (Wildman–Crippen MR) is 82.0 cm³/mol. The van der Waals surface area contributed by atoms with Crippen LogP contribution in [0.5, 0.6) is 0 Å². The summed E-state index contributed by atoms with van der Waals surface area (Å²) in [6.07, 6.45) is 7.12. The quantitative estimate of drug-likeness (QED) is 0.584. The van der Waals surface area contributed by atoms with Crippen LogP contribution in [-0.2, 0) is 16.4 Å². The normalized spacial score (nSPS) is 11.5. The standard InChI is InChI=1S/C15H22N2O2S/c1-4-13-17(3)20(18,19)15-10-8-14(9-11-15)7-6-12-16-5-2/h1,8-11,16H,5-7,12-13H2,2-3H3. The molecule has 1 aromatic rings. The maximum atomic E-state index is 12.2. The van der Waals surface area contributed by atoms with Crippen LogP contribution in [0.3, 0.4) is 0 Å². The van der Waals surface area contributed by atoms with Gasteiger partial charge in [0.15, 0.2) is 0 Å². The second-order valence-electron chi connectivity index (χ2n) is 4.57. The molecular formula is C15H22N2O2S. The minimum atomic E-state index is -3.47. The summed E-state index contributed by atoms with van der Waals surface area (Å²) < 4.78 is 25.5. The maximum absolute atomic E-state index is 12.2. The molecule has 0 aliphatic rings. The number of benzene rings is 1. The highest BCUT2D eigenvalue weighted by atomic mass is 32.2. The van der Waals surface area contributed by atoms with E-state index >= 15 is 0 Å². The van der Waals surface area contributed by atoms with Gasteiger partial charge in [-0.1, -0.05) is 25.0 Å². The zero-order valence-electron chi connectivity index (χ0n) is 12.1. The Balaban J connectivity index is 2.69. The lowest BCUT2D eigenvalue weighted by molar-refractivity contribution is 0.503. The zero-order chi connectivity index (χ0) is 15.0. The summed E-state index contributed by atoms with van der Waals surface area (Å²) in [7, 11) is -1.98. The highest BCUT2D eigenvalue weighted by Gasteiger charge is 2.19. The first kappa shape index (κ1) is 16.7. The Labute approximate surface area is 122 Å². The van der Waals surface area contributed by atoms with Crippen LogP contribution in [0, 0.1) is 12.3 Å². The SMILES string of the molecule is C#CCN(C)S(=O)(=O)c1ccc(CCCNCC)cc1. The molecule has 0 aromatic heterocycles. The van der Waals surface area contributed by atoms with Crippen LogP contribution in [0.1, 0.15) is 18.9 Å². The van der Waals surface area contributed by atoms with Gasteiger partial charge in [-0.15, -0.1) is 6.42 Å². The van der Waals surface area contributed by atoms with Crippen LogP contribution in [0.15, 0.2) is 29.2 Å². The molecule has 0 atom stereocenters. The molecule has 110 valence electrons. The molecular weight excluding hydrogens is 272 g/mol. The number of nitrogens with one attached hydrogen (secondary N) is 1. The van der Waals surface area contributed by atoms with Gasteiger partial charge in [0.25, 0.3) is 0 Å². The second kappa shape index (κ2) is 8.05. The van der Waals surface area contributed by atoms with Crippen LogP contribution in [0.25, 0.3) is 0 Å². The van der Waals surface area contributed by atoms with Crippen molar-refractivity contribution in [2.45, 2.75) is 24.7 Å². The fourth-order valence-corrected chi connectivity index (χ4v) is 2.90. The van der Waals surface area contributed by atoms with E-state index in [-0.39, 0.29) is 11.4 Å². The minimum Gasteiger partial charge on any atom is -0.317 e. The van der Waals surface area contributed by atoms with Crippen molar-refractivity contribution in [1.29, 1.82) is 0 Å². The first-order chi connectivity index (χ1) is 9.52. The maximum Gasteiger partial charge on any atom is 0.243 e. The van der Waals surface area contributed by atoms with Gasteiger partial charge in [0.1, 0.15) is 0 Å². The Kier molecular flexibility index (Phi) is 6.73. The van der Waals surface area contributed by atoms with Crippen LogP contribution in [-0.4, -0.2) is 39.4 Å². The molecule has 0 amide bonds. The Bertz CT molecular complexity index is 544. The highest BCUT2D eigenvalue weighted by molar-refractivity contribution is 7.89. The number of hydrogen-bond donors (Lipinski definition) is 1. The van der Waals surface area contributed by atoms with Gasteiger partial charge in [-0.3, -0.25) is 0 Å². The van der Waals surface area contributed by atoms with Crippen LogP contribution in [0.2, 0.25) is 0 Å². The Hall–Kier alpha value is -1.35. The smallest absolute Gasteiger partial charge is 0.243 e. The molecule has 0 bridgehead atoms. The molecule has 1 rings (SSSR count). The van der Waals surface area contributed by atoms with E-state index in [4.69, 9.17) is 6.42 Å². The molecule has 0 unspecified atom stereocenters. The van der Waals surface area contributed by atoms with E-state index < -0.39 is 10.0 Å². The van der Waals surface area contributed by atoms with Gasteiger partial charge in [0.05, 0.1) is 11.4 Å². The van der Waals surface area contributed by atoms with Gasteiger partial charge < -0.3 is 5.32 Å². The molecule has 1 N–H and O–H groups in total. The summed E-state index contributed by atoms with van der Waals surface area (Å²) in [5.74, 6) is 2.33. The lowest BCUT2D eigenvalue weighted by Gasteiger charge is -2.14. The minimum absolute atomic E-state index is 0.0762. The second-order valence-corrected chi connectivity index (χ2v) is 6.61. The monoisotopic (exact) mass is 294 g/mol. The zero-order valence-corrected chi connectivity index (χ0v) is 12.9. The fraction of sp³-hybridized carbons (Fsp3) is 0.467. The lowest BCUT2D eigenvalue weighted by atomic mass is 10.1.